The van der Waals surface area contributed by atoms with Gasteiger partial charge in [-0.05, 0) is 31.0 Å². The predicted octanol–water partition coefficient (Wildman–Crippen LogP) is 1.61. The van der Waals surface area contributed by atoms with Gasteiger partial charge in [-0.1, -0.05) is 0 Å². The first kappa shape index (κ1) is 12.4. The van der Waals surface area contributed by atoms with E-state index in [1.165, 1.54) is 16.2 Å². The van der Waals surface area contributed by atoms with E-state index in [1.54, 1.807) is 11.3 Å². The number of thioether (sulfide) groups is 1. The Kier molecular flexibility index (Phi) is 4.27. The number of nitrogens with zero attached hydrogens (tertiary/aromatic N) is 1. The molecule has 1 aliphatic rings. The first-order valence-electron chi connectivity index (χ1n) is 5.52. The molecule has 1 aromatic heterocycles. The molecule has 16 heavy (non-hydrogen) atoms. The average molecular weight is 257 g/mol. The summed E-state index contributed by atoms with van der Waals surface area (Å²) in [7, 11) is 2.19. The molecule has 2 unspecified atom stereocenters. The van der Waals surface area contributed by atoms with Gasteiger partial charge in [0.05, 0.1) is 6.04 Å². The van der Waals surface area contributed by atoms with E-state index in [-0.39, 0.29) is 6.04 Å². The molecule has 1 aromatic rings. The summed E-state index contributed by atoms with van der Waals surface area (Å²) >= 11 is 3.81. The number of nitrogens with two attached hydrogens (primary N) is 1. The van der Waals surface area contributed by atoms with Crippen molar-refractivity contribution in [2.75, 3.05) is 25.1 Å². The molecule has 1 aliphatic heterocycles. The monoisotopic (exact) mass is 257 g/mol. The number of likely N-dealkylation sites (N-methyl/N-ethyl adjacent to an activating group) is 1. The minimum atomic E-state index is 0.254. The van der Waals surface area contributed by atoms with Crippen molar-refractivity contribution >= 4 is 23.1 Å². The highest BCUT2D eigenvalue weighted by atomic mass is 32.2. The van der Waals surface area contributed by atoms with Crippen LogP contribution in [0, 0.1) is 6.92 Å². The maximum absolute atomic E-state index is 5.74. The van der Waals surface area contributed by atoms with Crippen molar-refractivity contribution in [1.29, 1.82) is 0 Å². The van der Waals surface area contributed by atoms with Crippen molar-refractivity contribution in [3.8, 4) is 0 Å². The van der Waals surface area contributed by atoms with Crippen LogP contribution in [-0.2, 0) is 0 Å². The zero-order valence-corrected chi connectivity index (χ0v) is 11.4. The highest BCUT2D eigenvalue weighted by Gasteiger charge is 2.29. The molecule has 0 saturated carbocycles. The molecule has 0 aliphatic carbocycles. The van der Waals surface area contributed by atoms with E-state index in [0.29, 0.717) is 6.04 Å². The summed E-state index contributed by atoms with van der Waals surface area (Å²) in [6, 6.07) is 2.94. The second-order valence-electron chi connectivity index (χ2n) is 4.20. The third-order valence-electron chi connectivity index (χ3n) is 3.24. The van der Waals surface area contributed by atoms with E-state index in [1.807, 2.05) is 11.8 Å². The fourth-order valence-corrected chi connectivity index (χ4v) is 4.20. The Balaban J connectivity index is 2.18. The van der Waals surface area contributed by atoms with Crippen molar-refractivity contribution in [1.82, 2.24) is 10.3 Å². The van der Waals surface area contributed by atoms with Gasteiger partial charge in [-0.3, -0.25) is 16.2 Å². The maximum atomic E-state index is 5.74. The lowest BCUT2D eigenvalue weighted by atomic mass is 10.0. The molecule has 3 N–H and O–H groups in total. The van der Waals surface area contributed by atoms with Crippen LogP contribution in [0.4, 0.5) is 0 Å². The van der Waals surface area contributed by atoms with Gasteiger partial charge >= 0.3 is 0 Å². The van der Waals surface area contributed by atoms with Crippen molar-refractivity contribution in [3.63, 3.8) is 0 Å². The van der Waals surface area contributed by atoms with Gasteiger partial charge in [0, 0.05) is 29.0 Å². The van der Waals surface area contributed by atoms with Crippen LogP contribution in [0.2, 0.25) is 0 Å². The standard InChI is InChI=1S/C11H19N3S2/c1-8-9(3-5-16-8)11(13-12)10-7-15-6-4-14(10)2/h3,5,10-11,13H,4,6-7,12H2,1-2H3. The Bertz CT molecular complexity index is 340. The number of hydrazine groups is 1. The van der Waals surface area contributed by atoms with Gasteiger partial charge in [-0.15, -0.1) is 11.3 Å². The van der Waals surface area contributed by atoms with Crippen LogP contribution in [0.3, 0.4) is 0 Å². The van der Waals surface area contributed by atoms with Crippen LogP contribution in [0.1, 0.15) is 16.5 Å². The van der Waals surface area contributed by atoms with E-state index >= 15 is 0 Å². The highest BCUT2D eigenvalue weighted by Crippen LogP contribution is 2.30. The van der Waals surface area contributed by atoms with Crippen LogP contribution < -0.4 is 11.3 Å². The van der Waals surface area contributed by atoms with Gasteiger partial charge < -0.3 is 0 Å². The molecule has 90 valence electrons. The third kappa shape index (κ3) is 2.43. The molecule has 2 atom stereocenters. The van der Waals surface area contributed by atoms with Crippen LogP contribution in [-0.4, -0.2) is 36.0 Å². The van der Waals surface area contributed by atoms with E-state index in [2.05, 4.69) is 35.7 Å². The summed E-state index contributed by atoms with van der Waals surface area (Å²) in [4.78, 5) is 3.78. The van der Waals surface area contributed by atoms with Crippen LogP contribution in [0.15, 0.2) is 11.4 Å². The molecule has 0 bridgehead atoms. The lowest BCUT2D eigenvalue weighted by Gasteiger charge is -2.37. The van der Waals surface area contributed by atoms with Gasteiger partial charge in [0.25, 0.3) is 0 Å². The summed E-state index contributed by atoms with van der Waals surface area (Å²) in [5, 5.41) is 2.14. The van der Waals surface area contributed by atoms with Gasteiger partial charge in [0.15, 0.2) is 0 Å². The fourth-order valence-electron chi connectivity index (χ4n) is 2.18. The lowest BCUT2D eigenvalue weighted by molar-refractivity contribution is 0.216. The molecule has 1 saturated heterocycles. The lowest BCUT2D eigenvalue weighted by Crippen LogP contribution is -2.49. The van der Waals surface area contributed by atoms with Gasteiger partial charge in [-0.2, -0.15) is 11.8 Å². The molecule has 0 radical (unpaired) electrons. The average Bonchev–Trinajstić information content (AvgIpc) is 2.69. The molecule has 0 amide bonds. The summed E-state index contributed by atoms with van der Waals surface area (Å²) in [6.45, 7) is 3.32. The van der Waals surface area contributed by atoms with Gasteiger partial charge in [0.2, 0.25) is 0 Å². The zero-order valence-electron chi connectivity index (χ0n) is 9.77. The second kappa shape index (κ2) is 5.51. The van der Waals surface area contributed by atoms with Crippen LogP contribution >= 0.6 is 23.1 Å². The molecule has 2 heterocycles. The van der Waals surface area contributed by atoms with E-state index in [9.17, 15) is 0 Å². The molecule has 0 spiro atoms. The Morgan fingerprint density at radius 3 is 3.00 bits per heavy atom. The largest absolute Gasteiger partial charge is 0.300 e. The Labute approximate surface area is 105 Å². The number of hydrogen-bond acceptors (Lipinski definition) is 5. The first-order valence-corrected chi connectivity index (χ1v) is 7.55. The number of nitrogens with one attached hydrogen (secondary N) is 1. The molecule has 2 rings (SSSR count). The molecule has 0 aromatic carbocycles. The second-order valence-corrected chi connectivity index (χ2v) is 6.47. The minimum absolute atomic E-state index is 0.254. The normalized spacial score (nSPS) is 24.6. The molecule has 3 nitrogen and oxygen atoms in total. The summed E-state index contributed by atoms with van der Waals surface area (Å²) in [5.41, 5.74) is 4.35. The minimum Gasteiger partial charge on any atom is -0.300 e. The van der Waals surface area contributed by atoms with Crippen molar-refractivity contribution in [3.05, 3.63) is 21.9 Å². The number of rotatable bonds is 3. The number of thiophene rings is 1. The van der Waals surface area contributed by atoms with Crippen molar-refractivity contribution in [2.24, 2.45) is 5.84 Å². The van der Waals surface area contributed by atoms with E-state index in [4.69, 9.17) is 5.84 Å². The van der Waals surface area contributed by atoms with E-state index in [0.717, 1.165) is 12.3 Å². The Hall–Kier alpha value is -0.0700. The smallest absolute Gasteiger partial charge is 0.0634 e. The SMILES string of the molecule is Cc1sccc1C(NN)C1CSCCN1C. The Morgan fingerprint density at radius 1 is 1.62 bits per heavy atom. The summed E-state index contributed by atoms with van der Waals surface area (Å²) in [6.07, 6.45) is 0. The van der Waals surface area contributed by atoms with Crippen LogP contribution in [0.5, 0.6) is 0 Å². The summed E-state index contributed by atoms with van der Waals surface area (Å²) in [5.74, 6) is 8.13. The predicted molar refractivity (Wildman–Crippen MR) is 72.9 cm³/mol. The molecular weight excluding hydrogens is 238 g/mol. The van der Waals surface area contributed by atoms with Gasteiger partial charge in [0.1, 0.15) is 0 Å². The van der Waals surface area contributed by atoms with E-state index < -0.39 is 0 Å². The first-order chi connectivity index (χ1) is 7.74. The van der Waals surface area contributed by atoms with Crippen LogP contribution in [0.25, 0.3) is 0 Å². The number of aryl methyl sites for hydroxylation is 1. The zero-order chi connectivity index (χ0) is 11.5. The van der Waals surface area contributed by atoms with Crippen molar-refractivity contribution in [2.45, 2.75) is 19.0 Å². The topological polar surface area (TPSA) is 41.3 Å². The summed E-state index contributed by atoms with van der Waals surface area (Å²) < 4.78 is 0. The van der Waals surface area contributed by atoms with Gasteiger partial charge in [-0.25, -0.2) is 0 Å². The van der Waals surface area contributed by atoms with Crippen molar-refractivity contribution < 1.29 is 0 Å². The third-order valence-corrected chi connectivity index (χ3v) is 5.15. The molecule has 5 heteroatoms. The quantitative estimate of drug-likeness (QED) is 0.638. The highest BCUT2D eigenvalue weighted by molar-refractivity contribution is 7.99. The number of hydrogen-bond donors (Lipinski definition) is 2. The molecule has 1 fully saturated rings. The Morgan fingerprint density at radius 2 is 2.44 bits per heavy atom. The maximum Gasteiger partial charge on any atom is 0.0634 e. The molecular formula is C11H19N3S2. The fraction of sp³-hybridized carbons (Fsp3) is 0.636.